The van der Waals surface area contributed by atoms with Crippen molar-refractivity contribution in [1.29, 1.82) is 0 Å². The first-order valence-corrected chi connectivity index (χ1v) is 6.96. The molecule has 0 spiro atoms. The Morgan fingerprint density at radius 2 is 1.63 bits per heavy atom. The Balaban J connectivity index is 2.41. The van der Waals surface area contributed by atoms with Gasteiger partial charge in [0.1, 0.15) is 11.5 Å². The molecule has 0 fully saturated rings. The second-order valence-electron chi connectivity index (χ2n) is 5.05. The lowest BCUT2D eigenvalue weighted by atomic mass is 10.1. The molecule has 0 amide bonds. The average molecular weight is 275 g/mol. The number of hydrogen-bond donors (Lipinski definition) is 0. The summed E-state index contributed by atoms with van der Waals surface area (Å²) in [5.41, 5.74) is 5.85. The molecule has 0 N–H and O–H groups in total. The Labute approximate surface area is 120 Å². The van der Waals surface area contributed by atoms with Gasteiger partial charge in [-0.3, -0.25) is 0 Å². The van der Waals surface area contributed by atoms with Gasteiger partial charge in [0, 0.05) is 5.56 Å². The molecule has 2 aromatic rings. The van der Waals surface area contributed by atoms with Crippen molar-refractivity contribution in [3.05, 3.63) is 58.1 Å². The van der Waals surface area contributed by atoms with E-state index in [1.807, 2.05) is 12.1 Å². The van der Waals surface area contributed by atoms with E-state index >= 15 is 0 Å². The summed E-state index contributed by atoms with van der Waals surface area (Å²) in [5.74, 6) is 2.21. The van der Waals surface area contributed by atoms with Gasteiger partial charge in [0.15, 0.2) is 0 Å². The van der Waals surface area contributed by atoms with Crippen molar-refractivity contribution in [3.63, 3.8) is 0 Å². The summed E-state index contributed by atoms with van der Waals surface area (Å²) >= 11 is 5.99. The van der Waals surface area contributed by atoms with Crippen LogP contribution in [0.2, 0.25) is 0 Å². The highest BCUT2D eigenvalue weighted by Crippen LogP contribution is 2.31. The minimum atomic E-state index is 0.459. The predicted molar refractivity (Wildman–Crippen MR) is 81.5 cm³/mol. The number of aryl methyl sites for hydroxylation is 3. The smallest absolute Gasteiger partial charge is 0.131 e. The third-order valence-corrected chi connectivity index (χ3v) is 3.63. The van der Waals surface area contributed by atoms with E-state index in [9.17, 15) is 0 Å². The molecule has 2 heteroatoms. The van der Waals surface area contributed by atoms with Crippen molar-refractivity contribution in [2.45, 2.75) is 33.6 Å². The van der Waals surface area contributed by atoms with Gasteiger partial charge < -0.3 is 4.74 Å². The van der Waals surface area contributed by atoms with Gasteiger partial charge in [-0.15, -0.1) is 11.6 Å². The number of halogens is 1. The van der Waals surface area contributed by atoms with Crippen LogP contribution in [0.3, 0.4) is 0 Å². The number of alkyl halides is 1. The van der Waals surface area contributed by atoms with Crippen LogP contribution in [0.25, 0.3) is 0 Å². The maximum Gasteiger partial charge on any atom is 0.131 e. The van der Waals surface area contributed by atoms with Crippen LogP contribution in [0.1, 0.15) is 27.8 Å². The quantitative estimate of drug-likeness (QED) is 0.676. The molecule has 0 aliphatic rings. The third kappa shape index (κ3) is 3.10. The topological polar surface area (TPSA) is 9.23 Å². The summed E-state index contributed by atoms with van der Waals surface area (Å²) < 4.78 is 6.06. The Hall–Kier alpha value is -1.47. The molecule has 1 nitrogen and oxygen atoms in total. The Morgan fingerprint density at radius 3 is 2.32 bits per heavy atom. The van der Waals surface area contributed by atoms with E-state index in [4.69, 9.17) is 16.3 Å². The zero-order valence-electron chi connectivity index (χ0n) is 11.9. The first kappa shape index (κ1) is 14.0. The molecule has 0 aliphatic carbocycles. The molecule has 0 saturated carbocycles. The number of benzene rings is 2. The van der Waals surface area contributed by atoms with Gasteiger partial charge in [-0.05, 0) is 56.5 Å². The molecular weight excluding hydrogens is 256 g/mol. The molecule has 0 bridgehead atoms. The molecule has 0 aliphatic heterocycles. The molecular formula is C17H19ClO. The number of rotatable bonds is 3. The first-order chi connectivity index (χ1) is 9.01. The van der Waals surface area contributed by atoms with Crippen LogP contribution in [-0.2, 0) is 5.88 Å². The van der Waals surface area contributed by atoms with Gasteiger partial charge in [0.25, 0.3) is 0 Å². The summed E-state index contributed by atoms with van der Waals surface area (Å²) in [6.07, 6.45) is 0. The van der Waals surface area contributed by atoms with E-state index in [-0.39, 0.29) is 0 Å². The molecule has 0 radical (unpaired) electrons. The second-order valence-corrected chi connectivity index (χ2v) is 5.32. The summed E-state index contributed by atoms with van der Waals surface area (Å²) in [5, 5.41) is 0. The van der Waals surface area contributed by atoms with Gasteiger partial charge in [-0.1, -0.05) is 23.8 Å². The normalized spacial score (nSPS) is 10.6. The van der Waals surface area contributed by atoms with E-state index in [0.29, 0.717) is 5.88 Å². The summed E-state index contributed by atoms with van der Waals surface area (Å²) in [4.78, 5) is 0. The molecule has 0 unspecified atom stereocenters. The van der Waals surface area contributed by atoms with Crippen molar-refractivity contribution in [1.82, 2.24) is 0 Å². The molecule has 0 saturated heterocycles. The van der Waals surface area contributed by atoms with Crippen LogP contribution in [0.15, 0.2) is 30.3 Å². The Bertz CT molecular complexity index is 602. The minimum absolute atomic E-state index is 0.459. The lowest BCUT2D eigenvalue weighted by molar-refractivity contribution is 0.473. The maximum atomic E-state index is 6.06. The maximum absolute atomic E-state index is 6.06. The number of hydrogen-bond acceptors (Lipinski definition) is 1. The Morgan fingerprint density at radius 1 is 0.895 bits per heavy atom. The van der Waals surface area contributed by atoms with Crippen LogP contribution in [-0.4, -0.2) is 0 Å². The highest BCUT2D eigenvalue weighted by atomic mass is 35.5. The molecule has 2 aromatic carbocycles. The fourth-order valence-corrected chi connectivity index (χ4v) is 2.35. The Kier molecular flexibility index (Phi) is 4.16. The molecule has 100 valence electrons. The molecule has 19 heavy (non-hydrogen) atoms. The highest BCUT2D eigenvalue weighted by Gasteiger charge is 2.08. The van der Waals surface area contributed by atoms with Crippen LogP contribution in [0.4, 0.5) is 0 Å². The average Bonchev–Trinajstić information content (AvgIpc) is 2.37. The summed E-state index contributed by atoms with van der Waals surface area (Å²) in [7, 11) is 0. The van der Waals surface area contributed by atoms with Crippen molar-refractivity contribution in [3.8, 4) is 11.5 Å². The second kappa shape index (κ2) is 5.66. The SMILES string of the molecule is Cc1ccc(Oc2cc(C)cc(C)c2C)c(CCl)c1. The van der Waals surface area contributed by atoms with Gasteiger partial charge in [-0.2, -0.15) is 0 Å². The highest BCUT2D eigenvalue weighted by molar-refractivity contribution is 6.17. The lowest BCUT2D eigenvalue weighted by Gasteiger charge is -2.14. The fraction of sp³-hybridized carbons (Fsp3) is 0.294. The zero-order valence-corrected chi connectivity index (χ0v) is 12.6. The lowest BCUT2D eigenvalue weighted by Crippen LogP contribution is -1.95. The first-order valence-electron chi connectivity index (χ1n) is 6.42. The van der Waals surface area contributed by atoms with Crippen molar-refractivity contribution in [2.24, 2.45) is 0 Å². The predicted octanol–water partition coefficient (Wildman–Crippen LogP) is 5.45. The van der Waals surface area contributed by atoms with Crippen molar-refractivity contribution >= 4 is 11.6 Å². The largest absolute Gasteiger partial charge is 0.457 e. The van der Waals surface area contributed by atoms with E-state index in [0.717, 1.165) is 17.1 Å². The van der Waals surface area contributed by atoms with Crippen LogP contribution in [0.5, 0.6) is 11.5 Å². The van der Waals surface area contributed by atoms with Gasteiger partial charge in [-0.25, -0.2) is 0 Å². The van der Waals surface area contributed by atoms with Crippen LogP contribution in [0, 0.1) is 27.7 Å². The van der Waals surface area contributed by atoms with Gasteiger partial charge in [0.05, 0.1) is 5.88 Å². The zero-order chi connectivity index (χ0) is 14.0. The third-order valence-electron chi connectivity index (χ3n) is 3.34. The van der Waals surface area contributed by atoms with Crippen LogP contribution >= 0.6 is 11.6 Å². The van der Waals surface area contributed by atoms with E-state index < -0.39 is 0 Å². The fourth-order valence-electron chi connectivity index (χ4n) is 2.14. The van der Waals surface area contributed by atoms with E-state index in [1.54, 1.807) is 0 Å². The van der Waals surface area contributed by atoms with Gasteiger partial charge in [0.2, 0.25) is 0 Å². The molecule has 0 heterocycles. The van der Waals surface area contributed by atoms with Crippen molar-refractivity contribution in [2.75, 3.05) is 0 Å². The van der Waals surface area contributed by atoms with E-state index in [1.165, 1.54) is 22.3 Å². The van der Waals surface area contributed by atoms with Gasteiger partial charge >= 0.3 is 0 Å². The molecule has 0 aromatic heterocycles. The molecule has 0 atom stereocenters. The van der Waals surface area contributed by atoms with Crippen molar-refractivity contribution < 1.29 is 4.74 Å². The van der Waals surface area contributed by atoms with E-state index in [2.05, 4.69) is 45.9 Å². The minimum Gasteiger partial charge on any atom is -0.457 e. The molecule has 2 rings (SSSR count). The summed E-state index contributed by atoms with van der Waals surface area (Å²) in [6.45, 7) is 8.32. The standard InChI is InChI=1S/C17H19ClO/c1-11-5-6-16(15(8-11)10-18)19-17-9-12(2)7-13(3)14(17)4/h5-9H,10H2,1-4H3. The van der Waals surface area contributed by atoms with Crippen LogP contribution < -0.4 is 4.74 Å². The number of ether oxygens (including phenoxy) is 1. The summed E-state index contributed by atoms with van der Waals surface area (Å²) in [6, 6.07) is 10.3. The monoisotopic (exact) mass is 274 g/mol.